The maximum absolute atomic E-state index is 4.97. The van der Waals surface area contributed by atoms with Gasteiger partial charge in [-0.2, -0.15) is 0 Å². The van der Waals surface area contributed by atoms with Gasteiger partial charge in [-0.05, 0) is 13.8 Å². The van der Waals surface area contributed by atoms with Crippen LogP contribution in [-0.2, 0) is 0 Å². The second-order valence-electron chi connectivity index (χ2n) is 1.72. The van der Waals surface area contributed by atoms with Gasteiger partial charge in [-0.25, -0.2) is 4.98 Å². The summed E-state index contributed by atoms with van der Waals surface area (Å²) >= 11 is 0. The summed E-state index contributed by atoms with van der Waals surface area (Å²) in [6.45, 7) is 5.48. The van der Waals surface area contributed by atoms with Gasteiger partial charge in [0, 0.05) is 5.57 Å². The second-order valence-corrected chi connectivity index (χ2v) is 1.72. The Morgan fingerprint density at radius 3 is 3.11 bits per heavy atom. The SMILES string of the molecule is [CH2]C=C(C)c1ncco1. The molecule has 0 unspecified atom stereocenters. The van der Waals surface area contributed by atoms with E-state index < -0.39 is 0 Å². The highest BCUT2D eigenvalue weighted by molar-refractivity contribution is 5.55. The third kappa shape index (κ3) is 1.19. The zero-order valence-corrected chi connectivity index (χ0v) is 5.29. The zero-order valence-electron chi connectivity index (χ0n) is 5.29. The Balaban J connectivity index is 2.90. The lowest BCUT2D eigenvalue weighted by atomic mass is 10.3. The standard InChI is InChI=1S/C7H8NO/c1-3-6(2)7-8-4-5-9-7/h3-5H,1H2,2H3. The molecule has 0 aliphatic carbocycles. The molecule has 2 nitrogen and oxygen atoms in total. The normalized spacial score (nSPS) is 12.0. The van der Waals surface area contributed by atoms with E-state index >= 15 is 0 Å². The van der Waals surface area contributed by atoms with Crippen molar-refractivity contribution in [3.05, 3.63) is 31.4 Å². The fraction of sp³-hybridized carbons (Fsp3) is 0.143. The Kier molecular flexibility index (Phi) is 1.68. The van der Waals surface area contributed by atoms with Crippen molar-refractivity contribution in [1.29, 1.82) is 0 Å². The number of aromatic nitrogens is 1. The molecule has 1 radical (unpaired) electrons. The topological polar surface area (TPSA) is 26.0 Å². The molecule has 0 fully saturated rings. The first-order chi connectivity index (χ1) is 4.34. The predicted molar refractivity (Wildman–Crippen MR) is 35.5 cm³/mol. The van der Waals surface area contributed by atoms with Crippen molar-refractivity contribution in [3.63, 3.8) is 0 Å². The van der Waals surface area contributed by atoms with Crippen LogP contribution in [0.4, 0.5) is 0 Å². The van der Waals surface area contributed by atoms with Crippen LogP contribution in [0, 0.1) is 6.92 Å². The third-order valence-electron chi connectivity index (χ3n) is 1.08. The van der Waals surface area contributed by atoms with Gasteiger partial charge in [0.05, 0.1) is 6.20 Å². The number of hydrogen-bond donors (Lipinski definition) is 0. The van der Waals surface area contributed by atoms with E-state index in [-0.39, 0.29) is 0 Å². The highest BCUT2D eigenvalue weighted by Gasteiger charge is 1.95. The summed E-state index contributed by atoms with van der Waals surface area (Å²) in [4.78, 5) is 3.91. The van der Waals surface area contributed by atoms with Crippen molar-refractivity contribution in [3.8, 4) is 0 Å². The van der Waals surface area contributed by atoms with Gasteiger partial charge < -0.3 is 4.42 Å². The van der Waals surface area contributed by atoms with Gasteiger partial charge in [0.2, 0.25) is 5.89 Å². The highest BCUT2D eigenvalue weighted by atomic mass is 16.3. The fourth-order valence-electron chi connectivity index (χ4n) is 0.506. The van der Waals surface area contributed by atoms with Crippen LogP contribution in [0.15, 0.2) is 23.0 Å². The van der Waals surface area contributed by atoms with Crippen LogP contribution in [0.25, 0.3) is 5.57 Å². The van der Waals surface area contributed by atoms with E-state index in [9.17, 15) is 0 Å². The predicted octanol–water partition coefficient (Wildman–Crippen LogP) is 1.91. The second kappa shape index (κ2) is 2.49. The molecule has 0 atom stereocenters. The van der Waals surface area contributed by atoms with Crippen molar-refractivity contribution >= 4 is 5.57 Å². The molecule has 1 rings (SSSR count). The third-order valence-corrected chi connectivity index (χ3v) is 1.08. The first-order valence-corrected chi connectivity index (χ1v) is 2.70. The molecule has 47 valence electrons. The lowest BCUT2D eigenvalue weighted by Crippen LogP contribution is -1.74. The number of allylic oxidation sites excluding steroid dienone is 2. The van der Waals surface area contributed by atoms with E-state index in [2.05, 4.69) is 11.9 Å². The van der Waals surface area contributed by atoms with Gasteiger partial charge >= 0.3 is 0 Å². The molecule has 0 aliphatic rings. The van der Waals surface area contributed by atoms with Gasteiger partial charge in [-0.3, -0.25) is 0 Å². The molecule has 0 saturated heterocycles. The lowest BCUT2D eigenvalue weighted by molar-refractivity contribution is 0.542. The molecule has 0 aromatic carbocycles. The van der Waals surface area contributed by atoms with Gasteiger partial charge in [0.25, 0.3) is 0 Å². The molecule has 0 amide bonds. The van der Waals surface area contributed by atoms with Gasteiger partial charge in [-0.15, -0.1) is 0 Å². The number of hydrogen-bond acceptors (Lipinski definition) is 2. The van der Waals surface area contributed by atoms with Crippen LogP contribution >= 0.6 is 0 Å². The Bertz CT molecular complexity index is 199. The van der Waals surface area contributed by atoms with Crippen molar-refractivity contribution in [2.24, 2.45) is 0 Å². The van der Waals surface area contributed by atoms with Crippen LogP contribution in [0.1, 0.15) is 12.8 Å². The largest absolute Gasteiger partial charge is 0.445 e. The summed E-state index contributed by atoms with van der Waals surface area (Å²) < 4.78 is 4.97. The molecule has 9 heavy (non-hydrogen) atoms. The van der Waals surface area contributed by atoms with Crippen LogP contribution in [0.3, 0.4) is 0 Å². The van der Waals surface area contributed by atoms with Crippen molar-refractivity contribution < 1.29 is 4.42 Å². The molecule has 0 N–H and O–H groups in total. The van der Waals surface area contributed by atoms with Crippen molar-refractivity contribution in [2.45, 2.75) is 6.92 Å². The van der Waals surface area contributed by atoms with E-state index in [1.54, 1.807) is 18.5 Å². The summed E-state index contributed by atoms with van der Waals surface area (Å²) in [5, 5.41) is 0. The summed E-state index contributed by atoms with van der Waals surface area (Å²) in [5.41, 5.74) is 0.958. The minimum absolute atomic E-state index is 0.644. The lowest BCUT2D eigenvalue weighted by Gasteiger charge is -1.87. The Morgan fingerprint density at radius 1 is 1.89 bits per heavy atom. The Hall–Kier alpha value is -1.05. The number of nitrogens with zero attached hydrogens (tertiary/aromatic N) is 1. The van der Waals surface area contributed by atoms with Gasteiger partial charge in [0.1, 0.15) is 6.26 Å². The van der Waals surface area contributed by atoms with Gasteiger partial charge in [-0.1, -0.05) is 6.08 Å². The van der Waals surface area contributed by atoms with Gasteiger partial charge in [0.15, 0.2) is 0 Å². The average Bonchev–Trinajstić information content (AvgIpc) is 2.37. The zero-order chi connectivity index (χ0) is 6.69. The molecule has 0 saturated carbocycles. The number of oxazole rings is 1. The molecular formula is C7H8NO. The molecule has 0 spiro atoms. The molecule has 1 heterocycles. The van der Waals surface area contributed by atoms with E-state index in [1.165, 1.54) is 0 Å². The molecular weight excluding hydrogens is 114 g/mol. The monoisotopic (exact) mass is 122 g/mol. The summed E-state index contributed by atoms with van der Waals surface area (Å²) in [7, 11) is 0. The Labute approximate surface area is 54.2 Å². The average molecular weight is 122 g/mol. The smallest absolute Gasteiger partial charge is 0.221 e. The maximum Gasteiger partial charge on any atom is 0.221 e. The van der Waals surface area contributed by atoms with Crippen LogP contribution < -0.4 is 0 Å². The number of rotatable bonds is 1. The quantitative estimate of drug-likeness (QED) is 0.568. The first kappa shape index (κ1) is 6.08. The summed E-state index contributed by atoms with van der Waals surface area (Å²) in [6.07, 6.45) is 4.87. The van der Waals surface area contributed by atoms with Crippen molar-refractivity contribution in [2.75, 3.05) is 0 Å². The molecule has 0 bridgehead atoms. The van der Waals surface area contributed by atoms with E-state index in [4.69, 9.17) is 4.42 Å². The molecule has 2 heteroatoms. The summed E-state index contributed by atoms with van der Waals surface area (Å²) in [5.74, 6) is 0.644. The minimum Gasteiger partial charge on any atom is -0.445 e. The fourth-order valence-corrected chi connectivity index (χ4v) is 0.506. The van der Waals surface area contributed by atoms with Crippen molar-refractivity contribution in [1.82, 2.24) is 4.98 Å². The maximum atomic E-state index is 4.97. The molecule has 1 aromatic rings. The van der Waals surface area contributed by atoms with Crippen LogP contribution in [0.2, 0.25) is 0 Å². The van der Waals surface area contributed by atoms with Crippen LogP contribution in [-0.4, -0.2) is 4.98 Å². The van der Waals surface area contributed by atoms with Crippen LogP contribution in [0.5, 0.6) is 0 Å². The minimum atomic E-state index is 0.644. The highest BCUT2D eigenvalue weighted by Crippen LogP contribution is 2.08. The summed E-state index contributed by atoms with van der Waals surface area (Å²) in [6, 6.07) is 0. The van der Waals surface area contributed by atoms with E-state index in [0.717, 1.165) is 5.57 Å². The molecule has 0 aliphatic heterocycles. The van der Waals surface area contributed by atoms with E-state index in [1.807, 2.05) is 6.92 Å². The molecule has 1 aromatic heterocycles. The Morgan fingerprint density at radius 2 is 2.67 bits per heavy atom. The van der Waals surface area contributed by atoms with E-state index in [0.29, 0.717) is 5.89 Å². The first-order valence-electron chi connectivity index (χ1n) is 2.70.